The van der Waals surface area contributed by atoms with Crippen molar-refractivity contribution < 1.29 is 9.59 Å². The number of urea groups is 1. The van der Waals surface area contributed by atoms with Crippen LogP contribution in [0.3, 0.4) is 0 Å². The SMILES string of the molecule is NCC1(c2cccc(Cl)c2)CCC(N2CCN(c3cccc([C]=O)c3)C2=O)CC1. The van der Waals surface area contributed by atoms with Crippen molar-refractivity contribution in [1.29, 1.82) is 0 Å². The Balaban J connectivity index is 1.46. The number of nitrogens with two attached hydrogens (primary N) is 1. The molecule has 4 rings (SSSR count). The van der Waals surface area contributed by atoms with Gasteiger partial charge in [-0.25, -0.2) is 4.79 Å². The average molecular weight is 411 g/mol. The summed E-state index contributed by atoms with van der Waals surface area (Å²) in [5, 5.41) is 0.734. The third-order valence-corrected chi connectivity index (χ3v) is 6.73. The maximum Gasteiger partial charge on any atom is 0.324 e. The van der Waals surface area contributed by atoms with Gasteiger partial charge in [0, 0.05) is 47.4 Å². The number of nitrogens with zero attached hydrogens (tertiary/aromatic N) is 2. The van der Waals surface area contributed by atoms with Crippen molar-refractivity contribution in [2.24, 2.45) is 5.73 Å². The highest BCUT2D eigenvalue weighted by Crippen LogP contribution is 2.41. The average Bonchev–Trinajstić information content (AvgIpc) is 3.15. The molecule has 1 aliphatic heterocycles. The zero-order chi connectivity index (χ0) is 20.4. The van der Waals surface area contributed by atoms with Gasteiger partial charge in [-0.05, 0) is 55.5 Å². The van der Waals surface area contributed by atoms with Crippen molar-refractivity contribution in [3.63, 3.8) is 0 Å². The van der Waals surface area contributed by atoms with Gasteiger partial charge in [-0.3, -0.25) is 9.69 Å². The number of anilines is 1. The summed E-state index contributed by atoms with van der Waals surface area (Å²) in [6.07, 6.45) is 5.61. The predicted molar refractivity (Wildman–Crippen MR) is 115 cm³/mol. The normalized spacial score (nSPS) is 24.8. The number of carbonyl (C=O) groups is 1. The lowest BCUT2D eigenvalue weighted by atomic mass is 9.68. The highest BCUT2D eigenvalue weighted by molar-refractivity contribution is 6.30. The molecule has 1 radical (unpaired) electrons. The number of halogens is 1. The van der Waals surface area contributed by atoms with Gasteiger partial charge < -0.3 is 10.6 Å². The van der Waals surface area contributed by atoms with E-state index in [1.807, 2.05) is 35.5 Å². The lowest BCUT2D eigenvalue weighted by molar-refractivity contribution is 0.156. The molecule has 0 unspecified atom stereocenters. The number of rotatable bonds is 5. The summed E-state index contributed by atoms with van der Waals surface area (Å²) in [4.78, 5) is 27.7. The van der Waals surface area contributed by atoms with Crippen LogP contribution in [-0.4, -0.2) is 42.9 Å². The second kappa shape index (κ2) is 8.17. The molecule has 0 spiro atoms. The van der Waals surface area contributed by atoms with E-state index in [9.17, 15) is 9.59 Å². The van der Waals surface area contributed by atoms with Crippen LogP contribution >= 0.6 is 11.6 Å². The van der Waals surface area contributed by atoms with Crippen LogP contribution in [0.2, 0.25) is 5.02 Å². The standard InChI is InChI=1S/C23H25ClN3O2/c24-19-5-2-4-18(14-19)23(16-25)9-7-20(8-10-23)26-11-12-27(22(26)29)21-6-1-3-17(13-21)15-28/h1-6,13-14,20H,7-12,16,25H2. The van der Waals surface area contributed by atoms with Crippen molar-refractivity contribution in [2.45, 2.75) is 37.1 Å². The van der Waals surface area contributed by atoms with E-state index in [-0.39, 0.29) is 17.5 Å². The van der Waals surface area contributed by atoms with E-state index in [0.29, 0.717) is 25.2 Å². The van der Waals surface area contributed by atoms with Crippen molar-refractivity contribution in [1.82, 2.24) is 4.90 Å². The van der Waals surface area contributed by atoms with Gasteiger partial charge in [0.05, 0.1) is 0 Å². The van der Waals surface area contributed by atoms with E-state index in [1.54, 1.807) is 23.1 Å². The van der Waals surface area contributed by atoms with E-state index in [0.717, 1.165) is 36.4 Å². The fraction of sp³-hybridized carbons (Fsp3) is 0.391. The molecule has 1 heterocycles. The number of benzene rings is 2. The Bertz CT molecular complexity index is 909. The fourth-order valence-corrected chi connectivity index (χ4v) is 4.96. The number of hydrogen-bond acceptors (Lipinski definition) is 3. The van der Waals surface area contributed by atoms with E-state index in [1.165, 1.54) is 5.56 Å². The molecule has 0 aromatic heterocycles. The zero-order valence-electron chi connectivity index (χ0n) is 16.3. The van der Waals surface area contributed by atoms with E-state index < -0.39 is 0 Å². The quantitative estimate of drug-likeness (QED) is 0.813. The first-order valence-electron chi connectivity index (χ1n) is 10.1. The molecule has 2 aromatic carbocycles. The first-order valence-corrected chi connectivity index (χ1v) is 10.5. The van der Waals surface area contributed by atoms with Crippen molar-refractivity contribution in [3.8, 4) is 0 Å². The molecule has 0 bridgehead atoms. The Kier molecular flexibility index (Phi) is 5.61. The van der Waals surface area contributed by atoms with Crippen molar-refractivity contribution in [3.05, 3.63) is 64.7 Å². The molecular weight excluding hydrogens is 386 g/mol. The Hall–Kier alpha value is -2.37. The molecular formula is C23H25ClN3O2. The molecule has 2 amide bonds. The summed E-state index contributed by atoms with van der Waals surface area (Å²) in [6.45, 7) is 1.91. The number of amides is 2. The van der Waals surface area contributed by atoms with Gasteiger partial charge in [0.2, 0.25) is 6.29 Å². The third-order valence-electron chi connectivity index (χ3n) is 6.50. The second-order valence-corrected chi connectivity index (χ2v) is 8.44. The molecule has 29 heavy (non-hydrogen) atoms. The Morgan fingerprint density at radius 3 is 2.55 bits per heavy atom. The summed E-state index contributed by atoms with van der Waals surface area (Å²) < 4.78 is 0. The summed E-state index contributed by atoms with van der Waals surface area (Å²) in [7, 11) is 0. The maximum absolute atomic E-state index is 13.1. The van der Waals surface area contributed by atoms with Crippen LogP contribution in [0.25, 0.3) is 0 Å². The first kappa shape index (κ1) is 19.9. The largest absolute Gasteiger partial charge is 0.330 e. The van der Waals surface area contributed by atoms with Crippen LogP contribution in [0.4, 0.5) is 10.5 Å². The minimum atomic E-state index is -0.0714. The fourth-order valence-electron chi connectivity index (χ4n) is 4.77. The number of carbonyl (C=O) groups excluding carboxylic acids is 2. The van der Waals surface area contributed by atoms with Gasteiger partial charge in [-0.15, -0.1) is 0 Å². The van der Waals surface area contributed by atoms with Crippen LogP contribution in [0, 0.1) is 0 Å². The summed E-state index contributed by atoms with van der Waals surface area (Å²) >= 11 is 6.21. The third kappa shape index (κ3) is 3.77. The van der Waals surface area contributed by atoms with Gasteiger partial charge in [-0.1, -0.05) is 35.9 Å². The molecule has 1 saturated heterocycles. The smallest absolute Gasteiger partial charge is 0.324 e. The van der Waals surface area contributed by atoms with Crippen LogP contribution in [0.5, 0.6) is 0 Å². The van der Waals surface area contributed by atoms with Crippen molar-refractivity contribution in [2.75, 3.05) is 24.5 Å². The highest BCUT2D eigenvalue weighted by Gasteiger charge is 2.41. The molecule has 0 atom stereocenters. The van der Waals surface area contributed by atoms with Crippen LogP contribution in [-0.2, 0) is 10.2 Å². The van der Waals surface area contributed by atoms with Crippen molar-refractivity contribution >= 4 is 29.6 Å². The van der Waals surface area contributed by atoms with Gasteiger partial charge >= 0.3 is 6.03 Å². The Morgan fingerprint density at radius 1 is 1.10 bits per heavy atom. The van der Waals surface area contributed by atoms with Gasteiger partial charge in [-0.2, -0.15) is 0 Å². The van der Waals surface area contributed by atoms with E-state index in [2.05, 4.69) is 6.07 Å². The molecule has 151 valence electrons. The molecule has 1 saturated carbocycles. The minimum absolute atomic E-state index is 0.0149. The van der Waals surface area contributed by atoms with Crippen LogP contribution in [0.1, 0.15) is 36.8 Å². The van der Waals surface area contributed by atoms with Gasteiger partial charge in [0.25, 0.3) is 0 Å². The molecule has 5 nitrogen and oxygen atoms in total. The lowest BCUT2D eigenvalue weighted by Crippen LogP contribution is -2.46. The first-order chi connectivity index (χ1) is 14.1. The predicted octanol–water partition coefficient (Wildman–Crippen LogP) is 3.88. The highest BCUT2D eigenvalue weighted by atomic mass is 35.5. The van der Waals surface area contributed by atoms with Gasteiger partial charge in [0.15, 0.2) is 0 Å². The minimum Gasteiger partial charge on any atom is -0.330 e. The molecule has 2 fully saturated rings. The second-order valence-electron chi connectivity index (χ2n) is 8.01. The number of hydrogen-bond donors (Lipinski definition) is 1. The molecule has 1 aliphatic carbocycles. The van der Waals surface area contributed by atoms with E-state index >= 15 is 0 Å². The van der Waals surface area contributed by atoms with Crippen LogP contribution in [0.15, 0.2) is 48.5 Å². The van der Waals surface area contributed by atoms with Crippen LogP contribution < -0.4 is 10.6 Å². The summed E-state index contributed by atoms with van der Waals surface area (Å²) in [5.41, 5.74) is 8.55. The lowest BCUT2D eigenvalue weighted by Gasteiger charge is -2.42. The van der Waals surface area contributed by atoms with Gasteiger partial charge in [0.1, 0.15) is 0 Å². The van der Waals surface area contributed by atoms with E-state index in [4.69, 9.17) is 17.3 Å². The Morgan fingerprint density at radius 2 is 1.86 bits per heavy atom. The molecule has 2 N–H and O–H groups in total. The molecule has 2 aromatic rings. The maximum atomic E-state index is 13.1. The molecule has 2 aliphatic rings. The summed E-state index contributed by atoms with van der Waals surface area (Å²) in [6, 6.07) is 15.3. The topological polar surface area (TPSA) is 66.6 Å². The zero-order valence-corrected chi connectivity index (χ0v) is 17.1. The molecule has 6 heteroatoms. The Labute approximate surface area is 176 Å². The monoisotopic (exact) mass is 410 g/mol. The summed E-state index contributed by atoms with van der Waals surface area (Å²) in [5.74, 6) is 0.